The van der Waals surface area contributed by atoms with Gasteiger partial charge in [-0.3, -0.25) is 19.7 Å². The average Bonchev–Trinajstić information content (AvgIpc) is 2.67. The number of nitro groups is 1. The Hall–Kier alpha value is -3.22. The van der Waals surface area contributed by atoms with Crippen molar-refractivity contribution in [2.75, 3.05) is 19.6 Å². The highest BCUT2D eigenvalue weighted by atomic mass is 16.6. The maximum Gasteiger partial charge on any atom is 0.269 e. The molecule has 0 aliphatic carbocycles. The van der Waals surface area contributed by atoms with E-state index in [4.69, 9.17) is 0 Å². The third kappa shape index (κ3) is 2.71. The molecule has 0 radical (unpaired) electrons. The van der Waals surface area contributed by atoms with Crippen molar-refractivity contribution in [3.05, 3.63) is 75.3 Å². The van der Waals surface area contributed by atoms with Crippen LogP contribution in [0, 0.1) is 10.1 Å². The van der Waals surface area contributed by atoms with Crippen LogP contribution in [0.3, 0.4) is 0 Å². The number of carbonyl (C=O) groups is 2. The summed E-state index contributed by atoms with van der Waals surface area (Å²) in [6, 6.07) is 13.4. The summed E-state index contributed by atoms with van der Waals surface area (Å²) in [4.78, 5) is 39.0. The number of non-ortho nitro benzene ring substituents is 1. The molecule has 0 unspecified atom stereocenters. The second kappa shape index (κ2) is 6.25. The third-order valence-electron chi connectivity index (χ3n) is 5.06. The topological polar surface area (TPSA) is 83.8 Å². The number of nitrogens with zero attached hydrogens (tertiary/aromatic N) is 3. The van der Waals surface area contributed by atoms with Gasteiger partial charge in [0.1, 0.15) is 6.54 Å². The lowest BCUT2D eigenvalue weighted by molar-refractivity contribution is -0.384. The lowest BCUT2D eigenvalue weighted by atomic mass is 9.90. The van der Waals surface area contributed by atoms with Crippen LogP contribution in [-0.4, -0.2) is 46.2 Å². The summed E-state index contributed by atoms with van der Waals surface area (Å²) in [6.45, 7) is 1.13. The van der Waals surface area contributed by atoms with E-state index in [0.29, 0.717) is 18.7 Å². The van der Waals surface area contributed by atoms with E-state index in [-0.39, 0.29) is 30.1 Å². The smallest absolute Gasteiger partial charge is 0.269 e. The Morgan fingerprint density at radius 3 is 2.58 bits per heavy atom. The van der Waals surface area contributed by atoms with Crippen molar-refractivity contribution < 1.29 is 14.5 Å². The molecule has 2 aliphatic rings. The Labute approximate surface area is 150 Å². The van der Waals surface area contributed by atoms with E-state index in [1.165, 1.54) is 34.7 Å². The summed E-state index contributed by atoms with van der Waals surface area (Å²) < 4.78 is 0. The summed E-state index contributed by atoms with van der Waals surface area (Å²) in [5.41, 5.74) is 2.59. The Bertz CT molecular complexity index is 894. The zero-order valence-corrected chi connectivity index (χ0v) is 14.0. The number of hydrogen-bond acceptors (Lipinski definition) is 4. The summed E-state index contributed by atoms with van der Waals surface area (Å²) in [6.07, 6.45) is 0.828. The van der Waals surface area contributed by atoms with Crippen LogP contribution in [0.5, 0.6) is 0 Å². The van der Waals surface area contributed by atoms with Crippen molar-refractivity contribution in [1.82, 2.24) is 9.80 Å². The summed E-state index contributed by atoms with van der Waals surface area (Å²) in [5.74, 6) is -0.345. The monoisotopic (exact) mass is 351 g/mol. The lowest BCUT2D eigenvalue weighted by Gasteiger charge is -2.44. The van der Waals surface area contributed by atoms with Gasteiger partial charge in [-0.15, -0.1) is 0 Å². The first-order chi connectivity index (χ1) is 12.5. The number of carbonyl (C=O) groups excluding carboxylic acids is 2. The molecule has 0 saturated carbocycles. The highest BCUT2D eigenvalue weighted by molar-refractivity contribution is 5.97. The van der Waals surface area contributed by atoms with Gasteiger partial charge in [0.25, 0.3) is 11.6 Å². The van der Waals surface area contributed by atoms with Gasteiger partial charge < -0.3 is 9.80 Å². The average molecular weight is 351 g/mol. The van der Waals surface area contributed by atoms with E-state index in [1.54, 1.807) is 0 Å². The van der Waals surface area contributed by atoms with Gasteiger partial charge in [-0.2, -0.15) is 0 Å². The molecule has 4 rings (SSSR count). The fourth-order valence-corrected chi connectivity index (χ4v) is 3.74. The predicted octanol–water partition coefficient (Wildman–Crippen LogP) is 2.18. The van der Waals surface area contributed by atoms with Gasteiger partial charge in [0, 0.05) is 30.8 Å². The second-order valence-electron chi connectivity index (χ2n) is 6.54. The fourth-order valence-electron chi connectivity index (χ4n) is 3.74. The standard InChI is InChI=1S/C19H17N3O4/c23-18-12-20(19(24)14-5-7-15(8-6-14)22(25)26)11-17-16-4-2-1-3-13(16)9-10-21(17)18/h1-8,17H,9-12H2/t17-/m0/s1. The number of fused-ring (bicyclic) bond motifs is 3. The molecule has 2 amide bonds. The molecule has 0 N–H and O–H groups in total. The van der Waals surface area contributed by atoms with E-state index in [2.05, 4.69) is 6.07 Å². The maximum absolute atomic E-state index is 12.8. The number of hydrogen-bond donors (Lipinski definition) is 0. The Morgan fingerprint density at radius 2 is 1.85 bits per heavy atom. The molecule has 1 saturated heterocycles. The molecule has 2 aromatic carbocycles. The molecule has 7 heteroatoms. The lowest BCUT2D eigenvalue weighted by Crippen LogP contribution is -2.55. The zero-order chi connectivity index (χ0) is 18.3. The first-order valence-electron chi connectivity index (χ1n) is 8.45. The molecule has 7 nitrogen and oxygen atoms in total. The van der Waals surface area contributed by atoms with Gasteiger partial charge in [-0.25, -0.2) is 0 Å². The van der Waals surface area contributed by atoms with Crippen LogP contribution in [0.25, 0.3) is 0 Å². The van der Waals surface area contributed by atoms with E-state index >= 15 is 0 Å². The summed E-state index contributed by atoms with van der Waals surface area (Å²) in [5, 5.41) is 10.8. The van der Waals surface area contributed by atoms with Crippen LogP contribution in [0.2, 0.25) is 0 Å². The first kappa shape index (κ1) is 16.3. The number of amides is 2. The van der Waals surface area contributed by atoms with E-state index in [1.807, 2.05) is 23.1 Å². The van der Waals surface area contributed by atoms with Gasteiger partial charge in [0.15, 0.2) is 0 Å². The molecule has 26 heavy (non-hydrogen) atoms. The van der Waals surface area contributed by atoms with Crippen molar-refractivity contribution in [3.63, 3.8) is 0 Å². The van der Waals surface area contributed by atoms with Crippen molar-refractivity contribution in [2.24, 2.45) is 0 Å². The Morgan fingerprint density at radius 1 is 1.12 bits per heavy atom. The third-order valence-corrected chi connectivity index (χ3v) is 5.06. The van der Waals surface area contributed by atoms with Crippen LogP contribution in [0.1, 0.15) is 27.5 Å². The number of benzene rings is 2. The van der Waals surface area contributed by atoms with Gasteiger partial charge >= 0.3 is 0 Å². The van der Waals surface area contributed by atoms with Crippen LogP contribution in [0.4, 0.5) is 5.69 Å². The van der Waals surface area contributed by atoms with Crippen LogP contribution >= 0.6 is 0 Å². The minimum absolute atomic E-state index is 0.0362. The van der Waals surface area contributed by atoms with Crippen molar-refractivity contribution >= 4 is 17.5 Å². The van der Waals surface area contributed by atoms with E-state index in [0.717, 1.165) is 12.0 Å². The minimum atomic E-state index is -0.504. The predicted molar refractivity (Wildman–Crippen MR) is 93.6 cm³/mol. The van der Waals surface area contributed by atoms with Crippen LogP contribution in [-0.2, 0) is 11.2 Å². The van der Waals surface area contributed by atoms with Crippen molar-refractivity contribution in [1.29, 1.82) is 0 Å². The highest BCUT2D eigenvalue weighted by Crippen LogP contribution is 2.33. The molecular weight excluding hydrogens is 334 g/mol. The van der Waals surface area contributed by atoms with E-state index in [9.17, 15) is 19.7 Å². The quantitative estimate of drug-likeness (QED) is 0.613. The zero-order valence-electron chi connectivity index (χ0n) is 14.0. The fraction of sp³-hybridized carbons (Fsp3) is 0.263. The van der Waals surface area contributed by atoms with Crippen LogP contribution in [0.15, 0.2) is 48.5 Å². The highest BCUT2D eigenvalue weighted by Gasteiger charge is 2.38. The van der Waals surface area contributed by atoms with Gasteiger partial charge in [-0.05, 0) is 29.7 Å². The van der Waals surface area contributed by atoms with Gasteiger partial charge in [0.05, 0.1) is 11.0 Å². The van der Waals surface area contributed by atoms with Gasteiger partial charge in [0.2, 0.25) is 5.91 Å². The molecule has 1 fully saturated rings. The largest absolute Gasteiger partial charge is 0.332 e. The van der Waals surface area contributed by atoms with Crippen LogP contribution < -0.4 is 0 Å². The number of piperazine rings is 1. The van der Waals surface area contributed by atoms with Crippen molar-refractivity contribution in [2.45, 2.75) is 12.5 Å². The minimum Gasteiger partial charge on any atom is -0.332 e. The molecule has 2 aromatic rings. The maximum atomic E-state index is 12.8. The van der Waals surface area contributed by atoms with E-state index < -0.39 is 4.92 Å². The number of rotatable bonds is 2. The molecule has 1 atom stereocenters. The SMILES string of the molecule is O=C(c1ccc([N+](=O)[O-])cc1)N1CC(=O)N2CCc3ccccc3[C@@H]2C1. The molecule has 0 spiro atoms. The first-order valence-corrected chi connectivity index (χ1v) is 8.45. The molecule has 2 aliphatic heterocycles. The van der Waals surface area contributed by atoms with Crippen molar-refractivity contribution in [3.8, 4) is 0 Å². The Balaban J connectivity index is 1.60. The molecule has 0 bridgehead atoms. The molecule has 0 aromatic heterocycles. The summed E-state index contributed by atoms with van der Waals surface area (Å²) in [7, 11) is 0. The van der Waals surface area contributed by atoms with Gasteiger partial charge in [-0.1, -0.05) is 24.3 Å². The Kier molecular flexibility index (Phi) is 3.91. The summed E-state index contributed by atoms with van der Waals surface area (Å²) >= 11 is 0. The molecular formula is C19H17N3O4. The normalized spacial score (nSPS) is 18.9. The number of nitro benzene ring substituents is 1. The molecule has 132 valence electrons. The second-order valence-corrected chi connectivity index (χ2v) is 6.54. The molecule has 2 heterocycles.